The number of hydrogen-bond acceptors (Lipinski definition) is 4. The summed E-state index contributed by atoms with van der Waals surface area (Å²) in [7, 11) is -1.66. The van der Waals surface area contributed by atoms with Gasteiger partial charge in [-0.2, -0.15) is 0 Å². The molecule has 1 heterocycles. The van der Waals surface area contributed by atoms with Crippen LogP contribution < -0.4 is 10.6 Å². The number of guanidine groups is 1. The van der Waals surface area contributed by atoms with E-state index in [0.29, 0.717) is 23.9 Å². The highest BCUT2D eigenvalue weighted by molar-refractivity contribution is 7.91. The van der Waals surface area contributed by atoms with Crippen molar-refractivity contribution in [3.63, 3.8) is 0 Å². The van der Waals surface area contributed by atoms with Crippen molar-refractivity contribution >= 4 is 27.1 Å². The molecular weight excluding hydrogens is 378 g/mol. The number of hydrogen-bond donors (Lipinski definition) is 2. The molecule has 0 aliphatic rings. The van der Waals surface area contributed by atoms with Gasteiger partial charge in [-0.1, -0.05) is 32.9 Å². The van der Waals surface area contributed by atoms with E-state index in [2.05, 4.69) is 54.8 Å². The van der Waals surface area contributed by atoms with Gasteiger partial charge in [-0.3, -0.25) is 4.99 Å². The van der Waals surface area contributed by atoms with Crippen LogP contribution in [0.15, 0.2) is 45.6 Å². The van der Waals surface area contributed by atoms with Gasteiger partial charge in [0.2, 0.25) is 0 Å². The van der Waals surface area contributed by atoms with Gasteiger partial charge in [-0.05, 0) is 47.0 Å². The van der Waals surface area contributed by atoms with Crippen LogP contribution in [0.2, 0.25) is 0 Å². The molecular formula is C20H29N3O2S2. The molecule has 0 saturated carbocycles. The Hall–Kier alpha value is -1.86. The van der Waals surface area contributed by atoms with Crippen LogP contribution in [0.25, 0.3) is 0 Å². The third-order valence-corrected chi connectivity index (χ3v) is 7.11. The molecule has 2 rings (SSSR count). The second-order valence-corrected chi connectivity index (χ2v) is 10.6. The maximum atomic E-state index is 12.6. The number of nitrogens with one attached hydrogen (secondary N) is 2. The summed E-state index contributed by atoms with van der Waals surface area (Å²) in [5.41, 5.74) is 2.36. The molecule has 5 nitrogen and oxygen atoms in total. The third-order valence-electron chi connectivity index (χ3n) is 4.35. The van der Waals surface area contributed by atoms with E-state index in [1.54, 1.807) is 30.5 Å². The molecule has 0 aliphatic carbocycles. The molecule has 0 radical (unpaired) electrons. The number of benzene rings is 1. The van der Waals surface area contributed by atoms with E-state index in [1.165, 1.54) is 10.4 Å². The van der Waals surface area contributed by atoms with Crippen LogP contribution in [-0.2, 0) is 21.8 Å². The summed E-state index contributed by atoms with van der Waals surface area (Å²) in [5, 5.41) is 8.35. The summed E-state index contributed by atoms with van der Waals surface area (Å²) in [6.45, 7) is 9.36. The van der Waals surface area contributed by atoms with Gasteiger partial charge in [-0.15, -0.1) is 11.3 Å². The van der Waals surface area contributed by atoms with Crippen LogP contribution in [0.1, 0.15) is 36.8 Å². The Labute approximate surface area is 166 Å². The molecule has 2 N–H and O–H groups in total. The zero-order valence-electron chi connectivity index (χ0n) is 16.7. The fourth-order valence-electron chi connectivity index (χ4n) is 2.55. The standard InChI is InChI=1S/C20H29N3O2S2/c1-15-10-12-26-18(15)14-23-19(21-5)22-11-13-27(24,25)17-8-6-16(7-9-17)20(2,3)4/h6-10,12H,11,13-14H2,1-5H3,(H2,21,22,23). The van der Waals surface area contributed by atoms with Crippen molar-refractivity contribution in [3.8, 4) is 0 Å². The van der Waals surface area contributed by atoms with E-state index < -0.39 is 9.84 Å². The van der Waals surface area contributed by atoms with Gasteiger partial charge in [0.05, 0.1) is 17.2 Å². The van der Waals surface area contributed by atoms with Gasteiger partial charge in [-0.25, -0.2) is 8.42 Å². The minimum Gasteiger partial charge on any atom is -0.355 e. The summed E-state index contributed by atoms with van der Waals surface area (Å²) in [4.78, 5) is 5.75. The molecule has 0 atom stereocenters. The van der Waals surface area contributed by atoms with Crippen LogP contribution in [0, 0.1) is 6.92 Å². The predicted molar refractivity (Wildman–Crippen MR) is 114 cm³/mol. The van der Waals surface area contributed by atoms with Crippen molar-refractivity contribution in [1.29, 1.82) is 0 Å². The van der Waals surface area contributed by atoms with E-state index in [0.717, 1.165) is 5.56 Å². The third kappa shape index (κ3) is 6.07. The first-order chi connectivity index (χ1) is 12.6. The van der Waals surface area contributed by atoms with Gasteiger partial charge in [0.25, 0.3) is 0 Å². The molecule has 0 amide bonds. The Morgan fingerprint density at radius 1 is 1.11 bits per heavy atom. The van der Waals surface area contributed by atoms with E-state index in [1.807, 2.05) is 12.1 Å². The largest absolute Gasteiger partial charge is 0.355 e. The van der Waals surface area contributed by atoms with Gasteiger partial charge in [0, 0.05) is 18.5 Å². The van der Waals surface area contributed by atoms with Gasteiger partial charge < -0.3 is 10.6 Å². The molecule has 7 heteroatoms. The molecule has 0 bridgehead atoms. The summed E-state index contributed by atoms with van der Waals surface area (Å²) in [5.74, 6) is 0.613. The summed E-state index contributed by atoms with van der Waals surface area (Å²) >= 11 is 1.69. The highest BCUT2D eigenvalue weighted by atomic mass is 32.2. The number of nitrogens with zero attached hydrogens (tertiary/aromatic N) is 1. The highest BCUT2D eigenvalue weighted by Crippen LogP contribution is 2.23. The van der Waals surface area contributed by atoms with Crippen LogP contribution in [0.5, 0.6) is 0 Å². The van der Waals surface area contributed by atoms with Crippen molar-refractivity contribution in [1.82, 2.24) is 10.6 Å². The molecule has 27 heavy (non-hydrogen) atoms. The normalized spacial score (nSPS) is 12.9. The zero-order chi connectivity index (χ0) is 20.1. The van der Waals surface area contributed by atoms with E-state index in [9.17, 15) is 8.42 Å². The predicted octanol–water partition coefficient (Wildman–Crippen LogP) is 3.49. The van der Waals surface area contributed by atoms with Crippen LogP contribution >= 0.6 is 11.3 Å². The number of aryl methyl sites for hydroxylation is 1. The van der Waals surface area contributed by atoms with Gasteiger partial charge >= 0.3 is 0 Å². The van der Waals surface area contributed by atoms with E-state index in [4.69, 9.17) is 0 Å². The topological polar surface area (TPSA) is 70.6 Å². The Morgan fingerprint density at radius 2 is 1.78 bits per heavy atom. The summed E-state index contributed by atoms with van der Waals surface area (Å²) < 4.78 is 25.1. The molecule has 2 aromatic rings. The first kappa shape index (κ1) is 21.4. The number of thiophene rings is 1. The lowest BCUT2D eigenvalue weighted by Gasteiger charge is -2.19. The Morgan fingerprint density at radius 3 is 2.30 bits per heavy atom. The number of rotatable bonds is 6. The molecule has 148 valence electrons. The highest BCUT2D eigenvalue weighted by Gasteiger charge is 2.17. The lowest BCUT2D eigenvalue weighted by Crippen LogP contribution is -2.39. The molecule has 1 aromatic heterocycles. The molecule has 0 fully saturated rings. The van der Waals surface area contributed by atoms with Gasteiger partial charge in [0.1, 0.15) is 0 Å². The van der Waals surface area contributed by atoms with E-state index in [-0.39, 0.29) is 11.2 Å². The summed E-state index contributed by atoms with van der Waals surface area (Å²) in [6.07, 6.45) is 0. The van der Waals surface area contributed by atoms with Crippen molar-refractivity contribution in [3.05, 3.63) is 51.7 Å². The maximum absolute atomic E-state index is 12.6. The average Bonchev–Trinajstić information content (AvgIpc) is 3.02. The SMILES string of the molecule is CN=C(NCCS(=O)(=O)c1ccc(C(C)(C)C)cc1)NCc1sccc1C. The van der Waals surface area contributed by atoms with Crippen molar-refractivity contribution in [2.24, 2.45) is 4.99 Å². The minimum atomic E-state index is -3.33. The minimum absolute atomic E-state index is 0.00290. The Bertz CT molecular complexity index is 877. The quantitative estimate of drug-likeness (QED) is 0.568. The fraction of sp³-hybridized carbons (Fsp3) is 0.450. The molecule has 0 unspecified atom stereocenters. The number of sulfone groups is 1. The van der Waals surface area contributed by atoms with Crippen LogP contribution in [0.3, 0.4) is 0 Å². The lowest BCUT2D eigenvalue weighted by molar-refractivity contribution is 0.586. The molecule has 0 saturated heterocycles. The molecule has 0 aliphatic heterocycles. The Balaban J connectivity index is 1.89. The smallest absolute Gasteiger partial charge is 0.191 e. The first-order valence-corrected chi connectivity index (χ1v) is 11.5. The molecule has 1 aromatic carbocycles. The van der Waals surface area contributed by atoms with Crippen LogP contribution in [0.4, 0.5) is 0 Å². The van der Waals surface area contributed by atoms with Crippen molar-refractivity contribution in [2.45, 2.75) is 44.6 Å². The zero-order valence-corrected chi connectivity index (χ0v) is 18.3. The average molecular weight is 408 g/mol. The molecule has 0 spiro atoms. The Kier molecular flexibility index (Phi) is 7.06. The lowest BCUT2D eigenvalue weighted by atomic mass is 9.87. The van der Waals surface area contributed by atoms with Crippen LogP contribution in [-0.4, -0.2) is 33.7 Å². The van der Waals surface area contributed by atoms with E-state index >= 15 is 0 Å². The fourth-order valence-corrected chi connectivity index (χ4v) is 4.56. The maximum Gasteiger partial charge on any atom is 0.191 e. The van der Waals surface area contributed by atoms with Crippen molar-refractivity contribution in [2.75, 3.05) is 19.3 Å². The monoisotopic (exact) mass is 407 g/mol. The van der Waals surface area contributed by atoms with Gasteiger partial charge in [0.15, 0.2) is 15.8 Å². The first-order valence-electron chi connectivity index (χ1n) is 8.94. The second kappa shape index (κ2) is 8.89. The number of aliphatic imine (C=N–C) groups is 1. The second-order valence-electron chi connectivity index (χ2n) is 7.47. The summed E-state index contributed by atoms with van der Waals surface area (Å²) in [6, 6.07) is 9.26. The van der Waals surface area contributed by atoms with Crippen molar-refractivity contribution < 1.29 is 8.42 Å².